The summed E-state index contributed by atoms with van der Waals surface area (Å²) in [5, 5.41) is 0.454. The van der Waals surface area contributed by atoms with E-state index in [0.29, 0.717) is 17.1 Å². The first kappa shape index (κ1) is 13.0. The fourth-order valence-electron chi connectivity index (χ4n) is 1.75. The van der Waals surface area contributed by atoms with Crippen LogP contribution in [0.25, 0.3) is 11.1 Å². The van der Waals surface area contributed by atoms with Crippen molar-refractivity contribution in [1.82, 2.24) is 0 Å². The Balaban J connectivity index is 2.55. The summed E-state index contributed by atoms with van der Waals surface area (Å²) in [5.74, 6) is -0.907. The van der Waals surface area contributed by atoms with Gasteiger partial charge in [0.15, 0.2) is 0 Å². The molecule has 1 nitrogen and oxygen atoms in total. The van der Waals surface area contributed by atoms with Crippen molar-refractivity contribution < 1.29 is 8.78 Å². The Morgan fingerprint density at radius 3 is 2.44 bits per heavy atom. The number of nitrogens with two attached hydrogens (primary N) is 1. The first-order chi connectivity index (χ1) is 8.52. The molecule has 0 aliphatic heterocycles. The van der Waals surface area contributed by atoms with E-state index < -0.39 is 11.6 Å². The normalized spacial score (nSPS) is 10.7. The van der Waals surface area contributed by atoms with Crippen LogP contribution in [0, 0.1) is 18.6 Å². The topological polar surface area (TPSA) is 26.0 Å². The van der Waals surface area contributed by atoms with Crippen LogP contribution in [0.1, 0.15) is 11.1 Å². The van der Waals surface area contributed by atoms with Crippen LogP contribution >= 0.6 is 11.6 Å². The summed E-state index contributed by atoms with van der Waals surface area (Å²) in [7, 11) is 0. The number of hydrogen-bond acceptors (Lipinski definition) is 1. The van der Waals surface area contributed by atoms with E-state index in [4.69, 9.17) is 17.3 Å². The molecule has 0 atom stereocenters. The molecule has 0 amide bonds. The van der Waals surface area contributed by atoms with Crippen LogP contribution in [0.4, 0.5) is 8.78 Å². The molecule has 0 aromatic heterocycles. The lowest BCUT2D eigenvalue weighted by Crippen LogP contribution is -1.97. The lowest BCUT2D eigenvalue weighted by atomic mass is 10.0. The highest BCUT2D eigenvalue weighted by Gasteiger charge is 2.10. The largest absolute Gasteiger partial charge is 0.326 e. The Morgan fingerprint density at radius 1 is 1.11 bits per heavy atom. The monoisotopic (exact) mass is 267 g/mol. The van der Waals surface area contributed by atoms with Gasteiger partial charge >= 0.3 is 0 Å². The molecule has 0 aliphatic carbocycles. The minimum atomic E-state index is -0.467. The Bertz CT molecular complexity index is 597. The third-order valence-electron chi connectivity index (χ3n) is 2.83. The molecule has 94 valence electrons. The van der Waals surface area contributed by atoms with Crippen molar-refractivity contribution in [2.45, 2.75) is 13.5 Å². The summed E-state index contributed by atoms with van der Waals surface area (Å²) in [5.41, 5.74) is 7.28. The number of halogens is 3. The van der Waals surface area contributed by atoms with Gasteiger partial charge in [0.05, 0.1) is 0 Å². The Kier molecular flexibility index (Phi) is 3.64. The molecule has 4 heteroatoms. The minimum Gasteiger partial charge on any atom is -0.326 e. The van der Waals surface area contributed by atoms with Gasteiger partial charge in [-0.2, -0.15) is 0 Å². The molecule has 2 N–H and O–H groups in total. The number of aryl methyl sites for hydroxylation is 1. The minimum absolute atomic E-state index is 0.198. The second kappa shape index (κ2) is 5.04. The van der Waals surface area contributed by atoms with Gasteiger partial charge < -0.3 is 5.73 Å². The summed E-state index contributed by atoms with van der Waals surface area (Å²) in [4.78, 5) is 0. The Hall–Kier alpha value is -1.45. The molecule has 0 radical (unpaired) electrons. The van der Waals surface area contributed by atoms with Crippen LogP contribution < -0.4 is 5.73 Å². The van der Waals surface area contributed by atoms with E-state index in [1.54, 1.807) is 18.2 Å². The van der Waals surface area contributed by atoms with Crippen molar-refractivity contribution in [2.24, 2.45) is 5.73 Å². The third kappa shape index (κ3) is 2.37. The predicted molar refractivity (Wildman–Crippen MR) is 69.4 cm³/mol. The molecule has 0 unspecified atom stereocenters. The summed E-state index contributed by atoms with van der Waals surface area (Å²) < 4.78 is 27.3. The molecule has 0 saturated carbocycles. The molecule has 0 saturated heterocycles. The molecular formula is C14H12ClF2N. The number of hydrogen-bond donors (Lipinski definition) is 1. The molecule has 0 spiro atoms. The van der Waals surface area contributed by atoms with Crippen LogP contribution in [0.5, 0.6) is 0 Å². The van der Waals surface area contributed by atoms with Crippen LogP contribution in [-0.2, 0) is 6.54 Å². The molecule has 0 bridgehead atoms. The molecule has 18 heavy (non-hydrogen) atoms. The van der Waals surface area contributed by atoms with Gasteiger partial charge in [0.25, 0.3) is 0 Å². The van der Waals surface area contributed by atoms with Crippen molar-refractivity contribution >= 4 is 11.6 Å². The van der Waals surface area contributed by atoms with E-state index in [9.17, 15) is 8.78 Å². The smallest absolute Gasteiger partial charge is 0.131 e. The first-order valence-electron chi connectivity index (χ1n) is 5.47. The molecule has 2 rings (SSSR count). The third-order valence-corrected chi connectivity index (χ3v) is 3.18. The summed E-state index contributed by atoms with van der Waals surface area (Å²) in [6.07, 6.45) is 0. The van der Waals surface area contributed by atoms with Gasteiger partial charge in [0, 0.05) is 17.1 Å². The highest BCUT2D eigenvalue weighted by Crippen LogP contribution is 2.29. The number of rotatable bonds is 2. The standard InChI is InChI=1S/C14H12ClF2N/c1-8-4-14(17)11(6-13(8)16)9-2-3-10(7-18)12(15)5-9/h2-6H,7,18H2,1H3. The zero-order chi connectivity index (χ0) is 13.3. The Labute approximate surface area is 109 Å². The van der Waals surface area contributed by atoms with Gasteiger partial charge in [-0.25, -0.2) is 8.78 Å². The molecule has 2 aromatic rings. The van der Waals surface area contributed by atoms with E-state index in [0.717, 1.165) is 5.56 Å². The summed E-state index contributed by atoms with van der Waals surface area (Å²) in [6.45, 7) is 1.83. The van der Waals surface area contributed by atoms with Crippen molar-refractivity contribution in [2.75, 3.05) is 0 Å². The van der Waals surface area contributed by atoms with Gasteiger partial charge in [-0.05, 0) is 41.8 Å². The average Bonchev–Trinajstić information content (AvgIpc) is 2.33. The van der Waals surface area contributed by atoms with E-state index in [1.807, 2.05) is 0 Å². The van der Waals surface area contributed by atoms with Crippen LogP contribution in [0.2, 0.25) is 5.02 Å². The lowest BCUT2D eigenvalue weighted by Gasteiger charge is -2.08. The molecule has 0 fully saturated rings. The molecule has 0 heterocycles. The maximum Gasteiger partial charge on any atom is 0.131 e. The molecular weight excluding hydrogens is 256 g/mol. The number of benzene rings is 2. The second-order valence-electron chi connectivity index (χ2n) is 4.09. The highest BCUT2D eigenvalue weighted by molar-refractivity contribution is 6.31. The SMILES string of the molecule is Cc1cc(F)c(-c2ccc(CN)c(Cl)c2)cc1F. The molecule has 2 aromatic carbocycles. The van der Waals surface area contributed by atoms with Crippen molar-refractivity contribution in [3.8, 4) is 11.1 Å². The van der Waals surface area contributed by atoms with E-state index >= 15 is 0 Å². The van der Waals surface area contributed by atoms with Crippen LogP contribution in [0.15, 0.2) is 30.3 Å². The van der Waals surface area contributed by atoms with Crippen molar-refractivity contribution in [1.29, 1.82) is 0 Å². The lowest BCUT2D eigenvalue weighted by molar-refractivity contribution is 0.595. The zero-order valence-corrected chi connectivity index (χ0v) is 10.6. The molecule has 0 aliphatic rings. The van der Waals surface area contributed by atoms with E-state index in [-0.39, 0.29) is 11.1 Å². The van der Waals surface area contributed by atoms with Gasteiger partial charge in [-0.15, -0.1) is 0 Å². The first-order valence-corrected chi connectivity index (χ1v) is 5.85. The fourth-order valence-corrected chi connectivity index (χ4v) is 2.01. The van der Waals surface area contributed by atoms with Crippen LogP contribution in [0.3, 0.4) is 0 Å². The quantitative estimate of drug-likeness (QED) is 0.873. The van der Waals surface area contributed by atoms with E-state index in [2.05, 4.69) is 0 Å². The van der Waals surface area contributed by atoms with Crippen molar-refractivity contribution in [3.05, 3.63) is 58.1 Å². The Morgan fingerprint density at radius 2 is 1.83 bits per heavy atom. The van der Waals surface area contributed by atoms with Crippen LogP contribution in [-0.4, -0.2) is 0 Å². The fraction of sp³-hybridized carbons (Fsp3) is 0.143. The maximum atomic E-state index is 13.8. The zero-order valence-electron chi connectivity index (χ0n) is 9.81. The predicted octanol–water partition coefficient (Wildman–Crippen LogP) is 4.05. The highest BCUT2D eigenvalue weighted by atomic mass is 35.5. The van der Waals surface area contributed by atoms with E-state index in [1.165, 1.54) is 19.1 Å². The summed E-state index contributed by atoms with van der Waals surface area (Å²) >= 11 is 6.01. The van der Waals surface area contributed by atoms with Gasteiger partial charge in [-0.1, -0.05) is 23.7 Å². The summed E-state index contributed by atoms with van der Waals surface area (Å²) in [6, 6.07) is 7.35. The average molecular weight is 268 g/mol. The second-order valence-corrected chi connectivity index (χ2v) is 4.50. The van der Waals surface area contributed by atoms with Gasteiger partial charge in [0.2, 0.25) is 0 Å². The van der Waals surface area contributed by atoms with Gasteiger partial charge in [0.1, 0.15) is 11.6 Å². The van der Waals surface area contributed by atoms with Crippen molar-refractivity contribution in [3.63, 3.8) is 0 Å². The van der Waals surface area contributed by atoms with Gasteiger partial charge in [-0.3, -0.25) is 0 Å². The maximum absolute atomic E-state index is 13.8.